The molecule has 0 spiro atoms. The number of anilines is 2. The summed E-state index contributed by atoms with van der Waals surface area (Å²) >= 11 is 0. The number of hydrogen-bond donors (Lipinski definition) is 2. The van der Waals surface area contributed by atoms with Crippen molar-refractivity contribution in [3.8, 4) is 0 Å². The number of benzene rings is 2. The summed E-state index contributed by atoms with van der Waals surface area (Å²) in [6.07, 6.45) is 2.81. The van der Waals surface area contributed by atoms with Crippen molar-refractivity contribution in [2.75, 3.05) is 24.7 Å². The van der Waals surface area contributed by atoms with Gasteiger partial charge < -0.3 is 16.4 Å². The molecule has 0 saturated heterocycles. The summed E-state index contributed by atoms with van der Waals surface area (Å²) in [6, 6.07) is 14.3. The smallest absolute Gasteiger partial charge is 0.271 e. The van der Waals surface area contributed by atoms with E-state index in [4.69, 9.17) is 11.5 Å². The van der Waals surface area contributed by atoms with Crippen molar-refractivity contribution in [1.82, 2.24) is 10.2 Å². The van der Waals surface area contributed by atoms with Crippen molar-refractivity contribution in [3.05, 3.63) is 59.3 Å². The van der Waals surface area contributed by atoms with Gasteiger partial charge in [-0.05, 0) is 42.5 Å². The summed E-state index contributed by atoms with van der Waals surface area (Å²) in [4.78, 5) is 13.5. The van der Waals surface area contributed by atoms with Crippen LogP contribution in [-0.4, -0.2) is 30.2 Å². The zero-order chi connectivity index (χ0) is 18.7. The predicted molar refractivity (Wildman–Crippen MR) is 105 cm³/mol. The maximum absolute atomic E-state index is 11.4. The molecule has 0 bridgehead atoms. The normalized spacial score (nSPS) is 10.8. The molecule has 1 aromatic heterocycles. The van der Waals surface area contributed by atoms with Gasteiger partial charge in [-0.2, -0.15) is 0 Å². The number of aromatic nitrogens is 2. The van der Waals surface area contributed by atoms with Crippen LogP contribution in [0.4, 0.5) is 11.4 Å². The number of carbonyl (C=O) groups is 1. The number of amides is 1. The Balaban J connectivity index is 1.78. The molecule has 0 radical (unpaired) electrons. The van der Waals surface area contributed by atoms with Gasteiger partial charge in [0, 0.05) is 25.2 Å². The molecule has 3 rings (SSSR count). The van der Waals surface area contributed by atoms with Crippen LogP contribution < -0.4 is 16.4 Å². The molecule has 3 aromatic rings. The Labute approximate surface area is 152 Å². The Morgan fingerprint density at radius 2 is 1.85 bits per heavy atom. The van der Waals surface area contributed by atoms with Crippen molar-refractivity contribution in [2.45, 2.75) is 19.3 Å². The standard InChI is InChI=1S/C20H23N5O/c1-25(2)15-10-4-7-13(12-15)6-3-8-14-9-5-11-16-17(21)19(20(22)26)24-23-18(14)16/h4-5,7,9-12H,3,6,8H2,1-2H3,(H2,21,23)(H2,22,26). The number of hydrogen-bond acceptors (Lipinski definition) is 5. The lowest BCUT2D eigenvalue weighted by Crippen LogP contribution is -2.17. The number of primary amides is 1. The van der Waals surface area contributed by atoms with E-state index in [2.05, 4.69) is 39.4 Å². The number of nitrogens with zero attached hydrogens (tertiary/aromatic N) is 3. The third-order valence-corrected chi connectivity index (χ3v) is 4.49. The number of rotatable bonds is 6. The van der Waals surface area contributed by atoms with Gasteiger partial charge in [0.15, 0.2) is 5.69 Å². The van der Waals surface area contributed by atoms with Crippen LogP contribution in [0, 0.1) is 0 Å². The van der Waals surface area contributed by atoms with E-state index < -0.39 is 5.91 Å². The lowest BCUT2D eigenvalue weighted by Gasteiger charge is -2.13. The highest BCUT2D eigenvalue weighted by Crippen LogP contribution is 2.25. The van der Waals surface area contributed by atoms with Crippen LogP contribution in [-0.2, 0) is 12.8 Å². The molecule has 0 aliphatic rings. The molecule has 1 heterocycles. The maximum Gasteiger partial charge on any atom is 0.271 e. The van der Waals surface area contributed by atoms with E-state index in [1.807, 2.05) is 32.3 Å². The molecule has 6 heteroatoms. The predicted octanol–water partition coefficient (Wildman–Crippen LogP) is 2.55. The molecule has 0 aliphatic heterocycles. The molecule has 4 N–H and O–H groups in total. The number of nitrogens with two attached hydrogens (primary N) is 2. The summed E-state index contributed by atoms with van der Waals surface area (Å²) in [5, 5.41) is 8.82. The van der Waals surface area contributed by atoms with E-state index in [1.165, 1.54) is 11.3 Å². The molecule has 1 amide bonds. The van der Waals surface area contributed by atoms with Crippen LogP contribution in [0.1, 0.15) is 28.0 Å². The number of nitrogen functional groups attached to an aromatic ring is 1. The average Bonchev–Trinajstić information content (AvgIpc) is 2.62. The van der Waals surface area contributed by atoms with Crippen molar-refractivity contribution in [1.29, 1.82) is 0 Å². The SMILES string of the molecule is CN(C)c1cccc(CCCc2cccc3c(N)c(C(N)=O)nnc23)c1. The van der Waals surface area contributed by atoms with Gasteiger partial charge in [-0.3, -0.25) is 4.79 Å². The third kappa shape index (κ3) is 3.59. The third-order valence-electron chi connectivity index (χ3n) is 4.49. The Kier molecular flexibility index (Phi) is 5.02. The van der Waals surface area contributed by atoms with Crippen LogP contribution in [0.5, 0.6) is 0 Å². The van der Waals surface area contributed by atoms with E-state index >= 15 is 0 Å². The van der Waals surface area contributed by atoms with E-state index in [1.54, 1.807) is 0 Å². The molecule has 2 aromatic carbocycles. The molecule has 0 aliphatic carbocycles. The quantitative estimate of drug-likeness (QED) is 0.712. The van der Waals surface area contributed by atoms with E-state index in [9.17, 15) is 4.79 Å². The first kappa shape index (κ1) is 17.7. The number of carbonyl (C=O) groups excluding carboxylic acids is 1. The second-order valence-electron chi connectivity index (χ2n) is 6.56. The lowest BCUT2D eigenvalue weighted by atomic mass is 10.0. The summed E-state index contributed by atoms with van der Waals surface area (Å²) in [7, 11) is 4.08. The number of aryl methyl sites for hydroxylation is 2. The molecule has 6 nitrogen and oxygen atoms in total. The van der Waals surface area contributed by atoms with Crippen molar-refractivity contribution in [3.63, 3.8) is 0 Å². The van der Waals surface area contributed by atoms with Crippen LogP contribution in [0.25, 0.3) is 10.9 Å². The van der Waals surface area contributed by atoms with Gasteiger partial charge in [-0.25, -0.2) is 0 Å². The van der Waals surface area contributed by atoms with Gasteiger partial charge in [-0.1, -0.05) is 30.3 Å². The summed E-state index contributed by atoms with van der Waals surface area (Å²) < 4.78 is 0. The average molecular weight is 349 g/mol. The van der Waals surface area contributed by atoms with Gasteiger partial charge in [0.05, 0.1) is 11.2 Å². The van der Waals surface area contributed by atoms with E-state index in [-0.39, 0.29) is 5.69 Å². The highest BCUT2D eigenvalue weighted by Gasteiger charge is 2.14. The largest absolute Gasteiger partial charge is 0.396 e. The minimum Gasteiger partial charge on any atom is -0.396 e. The first-order chi connectivity index (χ1) is 12.5. The topological polar surface area (TPSA) is 98.1 Å². The zero-order valence-electron chi connectivity index (χ0n) is 15.1. The highest BCUT2D eigenvalue weighted by atomic mass is 16.1. The first-order valence-corrected chi connectivity index (χ1v) is 8.57. The Bertz CT molecular complexity index is 952. The monoisotopic (exact) mass is 349 g/mol. The fourth-order valence-electron chi connectivity index (χ4n) is 3.07. The second-order valence-corrected chi connectivity index (χ2v) is 6.56. The van der Waals surface area contributed by atoms with Gasteiger partial charge in [-0.15, -0.1) is 10.2 Å². The molecular formula is C20H23N5O. The summed E-state index contributed by atoms with van der Waals surface area (Å²) in [5.41, 5.74) is 16.0. The Morgan fingerprint density at radius 1 is 1.08 bits per heavy atom. The van der Waals surface area contributed by atoms with Crippen LogP contribution in [0.15, 0.2) is 42.5 Å². The fourth-order valence-corrected chi connectivity index (χ4v) is 3.07. The highest BCUT2D eigenvalue weighted by molar-refractivity contribution is 6.04. The van der Waals surface area contributed by atoms with Gasteiger partial charge in [0.2, 0.25) is 0 Å². The van der Waals surface area contributed by atoms with E-state index in [0.29, 0.717) is 5.69 Å². The molecule has 0 fully saturated rings. The van der Waals surface area contributed by atoms with Crippen molar-refractivity contribution in [2.24, 2.45) is 5.73 Å². The van der Waals surface area contributed by atoms with Crippen LogP contribution >= 0.6 is 0 Å². The minimum absolute atomic E-state index is 0.0233. The molecule has 0 saturated carbocycles. The maximum atomic E-state index is 11.4. The van der Waals surface area contributed by atoms with E-state index in [0.717, 1.165) is 35.7 Å². The molecule has 26 heavy (non-hydrogen) atoms. The fraction of sp³-hybridized carbons (Fsp3) is 0.250. The summed E-state index contributed by atoms with van der Waals surface area (Å²) in [6.45, 7) is 0. The van der Waals surface area contributed by atoms with Crippen molar-refractivity contribution >= 4 is 28.2 Å². The van der Waals surface area contributed by atoms with Gasteiger partial charge in [0.1, 0.15) is 0 Å². The molecular weight excluding hydrogens is 326 g/mol. The molecule has 0 atom stereocenters. The summed E-state index contributed by atoms with van der Waals surface area (Å²) in [5.74, 6) is -0.664. The molecule has 0 unspecified atom stereocenters. The zero-order valence-corrected chi connectivity index (χ0v) is 15.1. The van der Waals surface area contributed by atoms with Gasteiger partial charge >= 0.3 is 0 Å². The molecule has 134 valence electrons. The van der Waals surface area contributed by atoms with Gasteiger partial charge in [0.25, 0.3) is 5.91 Å². The second kappa shape index (κ2) is 7.39. The Hall–Kier alpha value is -3.15. The van der Waals surface area contributed by atoms with Crippen molar-refractivity contribution < 1.29 is 4.79 Å². The first-order valence-electron chi connectivity index (χ1n) is 8.57. The Morgan fingerprint density at radius 3 is 2.58 bits per heavy atom. The lowest BCUT2D eigenvalue weighted by molar-refractivity contribution is 0.0996. The minimum atomic E-state index is -0.664. The van der Waals surface area contributed by atoms with Crippen LogP contribution in [0.3, 0.4) is 0 Å². The number of fused-ring (bicyclic) bond motifs is 1. The van der Waals surface area contributed by atoms with Crippen LogP contribution in [0.2, 0.25) is 0 Å².